The maximum absolute atomic E-state index is 7.63. The van der Waals surface area contributed by atoms with Crippen LogP contribution >= 0.6 is 11.3 Å². The molecule has 0 aliphatic carbocycles. The van der Waals surface area contributed by atoms with E-state index < -0.39 is 6.85 Å². The summed E-state index contributed by atoms with van der Waals surface area (Å²) in [4.78, 5) is 9.78. The summed E-state index contributed by atoms with van der Waals surface area (Å²) < 4.78 is 24.0. The van der Waals surface area contributed by atoms with E-state index in [1.165, 1.54) is 11.3 Å². The fourth-order valence-electron chi connectivity index (χ4n) is 3.31. The Hall–Kier alpha value is -3.04. The molecule has 26 heavy (non-hydrogen) atoms. The first-order valence-corrected chi connectivity index (χ1v) is 9.17. The third-order valence-corrected chi connectivity index (χ3v) is 5.57. The van der Waals surface area contributed by atoms with Gasteiger partial charge in [-0.15, -0.1) is 11.3 Å². The lowest BCUT2D eigenvalue weighted by molar-refractivity contribution is 1.27. The molecule has 5 rings (SSSR count). The number of thiophene rings is 1. The molecule has 124 valence electrons. The van der Waals surface area contributed by atoms with Gasteiger partial charge in [-0.2, -0.15) is 0 Å². The maximum Gasteiger partial charge on any atom is 0.124 e. The molecule has 0 amide bonds. The predicted molar refractivity (Wildman–Crippen MR) is 111 cm³/mol. The minimum absolute atomic E-state index is 0.127. The molecule has 3 heterocycles. The van der Waals surface area contributed by atoms with Gasteiger partial charge in [0.25, 0.3) is 0 Å². The molecule has 0 bridgehead atoms. The lowest BCUT2D eigenvalue weighted by Gasteiger charge is -2.07. The van der Waals surface area contributed by atoms with Crippen molar-refractivity contribution >= 4 is 31.6 Å². The van der Waals surface area contributed by atoms with Crippen molar-refractivity contribution in [3.05, 3.63) is 84.7 Å². The molecule has 0 aliphatic heterocycles. The van der Waals surface area contributed by atoms with Crippen molar-refractivity contribution < 1.29 is 4.11 Å². The van der Waals surface area contributed by atoms with E-state index in [4.69, 9.17) is 4.11 Å². The van der Waals surface area contributed by atoms with Gasteiger partial charge in [-0.25, -0.2) is 4.98 Å². The van der Waals surface area contributed by atoms with Gasteiger partial charge in [0.1, 0.15) is 4.83 Å². The van der Waals surface area contributed by atoms with Crippen LogP contribution in [0.25, 0.3) is 42.7 Å². The average molecular weight is 355 g/mol. The molecule has 0 N–H and O–H groups in total. The first-order valence-electron chi connectivity index (χ1n) is 9.85. The third-order valence-electron chi connectivity index (χ3n) is 4.51. The van der Waals surface area contributed by atoms with E-state index in [1.54, 1.807) is 6.07 Å². The van der Waals surface area contributed by atoms with E-state index in [0.29, 0.717) is 0 Å². The van der Waals surface area contributed by atoms with Crippen LogP contribution in [0.2, 0.25) is 0 Å². The monoisotopic (exact) mass is 355 g/mol. The predicted octanol–water partition coefficient (Wildman–Crippen LogP) is 6.49. The highest BCUT2D eigenvalue weighted by atomic mass is 32.1. The number of pyridine rings is 2. The molecule has 0 fully saturated rings. The molecule has 0 radical (unpaired) electrons. The van der Waals surface area contributed by atoms with Crippen LogP contribution in [0.1, 0.15) is 9.81 Å². The Morgan fingerprint density at radius 2 is 1.81 bits per heavy atom. The van der Waals surface area contributed by atoms with E-state index in [0.717, 1.165) is 42.7 Å². The van der Waals surface area contributed by atoms with Gasteiger partial charge in [0.15, 0.2) is 0 Å². The highest BCUT2D eigenvalue weighted by Crippen LogP contribution is 2.39. The molecule has 2 aromatic carbocycles. The molecule has 0 atom stereocenters. The van der Waals surface area contributed by atoms with E-state index in [-0.39, 0.29) is 5.69 Å². The SMILES string of the molecule is [2H]C([2H])([2H])c1ccc2c(n1)sc1cccc(-c3cc(-c4ccccc4)ccn3)c12. The Labute approximate surface area is 160 Å². The Bertz CT molecular complexity index is 1340. The fourth-order valence-corrected chi connectivity index (χ4v) is 4.41. The van der Waals surface area contributed by atoms with Crippen LogP contribution in [0.5, 0.6) is 0 Å². The highest BCUT2D eigenvalue weighted by molar-refractivity contribution is 7.25. The Balaban J connectivity index is 1.72. The number of aromatic nitrogens is 2. The van der Waals surface area contributed by atoms with Gasteiger partial charge in [0.05, 0.1) is 5.69 Å². The zero-order chi connectivity index (χ0) is 20.0. The number of nitrogens with zero attached hydrogens (tertiary/aromatic N) is 2. The van der Waals surface area contributed by atoms with Crippen molar-refractivity contribution in [1.82, 2.24) is 9.97 Å². The number of rotatable bonds is 2. The summed E-state index contributed by atoms with van der Waals surface area (Å²) in [6.45, 7) is -2.21. The largest absolute Gasteiger partial charge is 0.256 e. The Morgan fingerprint density at radius 3 is 2.69 bits per heavy atom. The Kier molecular flexibility index (Phi) is 2.87. The molecular formula is C23H16N2S. The molecule has 2 nitrogen and oxygen atoms in total. The lowest BCUT2D eigenvalue weighted by Crippen LogP contribution is -1.86. The molecule has 0 aliphatic rings. The molecule has 5 aromatic rings. The average Bonchev–Trinajstić information content (AvgIpc) is 3.12. The van der Waals surface area contributed by atoms with E-state index in [1.807, 2.05) is 48.7 Å². The normalized spacial score (nSPS) is 13.5. The van der Waals surface area contributed by atoms with Crippen LogP contribution in [0, 0.1) is 6.85 Å². The zero-order valence-corrected chi connectivity index (χ0v) is 14.6. The van der Waals surface area contributed by atoms with Crippen LogP contribution in [0.4, 0.5) is 0 Å². The van der Waals surface area contributed by atoms with Crippen molar-refractivity contribution in [2.45, 2.75) is 6.85 Å². The van der Waals surface area contributed by atoms with Crippen LogP contribution in [-0.2, 0) is 0 Å². The standard InChI is InChI=1S/C23H16N2S/c1-15-10-11-19-22-18(8-5-9-21(22)26-23(19)25-15)20-14-17(12-13-24-20)16-6-3-2-4-7-16/h2-14H,1H3/i1D3. The molecule has 0 unspecified atom stereocenters. The van der Waals surface area contributed by atoms with E-state index in [2.05, 4.69) is 34.2 Å². The van der Waals surface area contributed by atoms with Gasteiger partial charge in [0.2, 0.25) is 0 Å². The van der Waals surface area contributed by atoms with Gasteiger partial charge in [0, 0.05) is 37.0 Å². The van der Waals surface area contributed by atoms with E-state index in [9.17, 15) is 0 Å². The maximum atomic E-state index is 7.63. The molecule has 0 saturated carbocycles. The minimum Gasteiger partial charge on any atom is -0.256 e. The van der Waals surface area contributed by atoms with Crippen LogP contribution in [-0.4, -0.2) is 9.97 Å². The summed E-state index contributed by atoms with van der Waals surface area (Å²) in [7, 11) is 0. The minimum atomic E-state index is -2.21. The quantitative estimate of drug-likeness (QED) is 0.362. The van der Waals surface area contributed by atoms with Crippen molar-refractivity contribution in [1.29, 1.82) is 0 Å². The second-order valence-electron chi connectivity index (χ2n) is 6.13. The van der Waals surface area contributed by atoms with E-state index >= 15 is 0 Å². The topological polar surface area (TPSA) is 25.8 Å². The highest BCUT2D eigenvalue weighted by Gasteiger charge is 2.13. The molecule has 0 saturated heterocycles. The van der Waals surface area contributed by atoms with Gasteiger partial charge in [-0.3, -0.25) is 4.98 Å². The number of hydrogen-bond donors (Lipinski definition) is 0. The van der Waals surface area contributed by atoms with Gasteiger partial charge < -0.3 is 0 Å². The molecular weight excluding hydrogens is 336 g/mol. The summed E-state index contributed by atoms with van der Waals surface area (Å²) in [5.41, 5.74) is 4.28. The van der Waals surface area contributed by atoms with Crippen molar-refractivity contribution in [3.63, 3.8) is 0 Å². The number of aryl methyl sites for hydroxylation is 1. The second-order valence-corrected chi connectivity index (χ2v) is 7.16. The third kappa shape index (κ3) is 2.49. The Morgan fingerprint density at radius 1 is 0.885 bits per heavy atom. The van der Waals surface area contributed by atoms with Gasteiger partial charge in [-0.05, 0) is 48.3 Å². The van der Waals surface area contributed by atoms with Crippen LogP contribution < -0.4 is 0 Å². The zero-order valence-electron chi connectivity index (χ0n) is 16.8. The first-order chi connectivity index (χ1) is 14.0. The van der Waals surface area contributed by atoms with Crippen LogP contribution in [0.3, 0.4) is 0 Å². The first kappa shape index (κ1) is 12.3. The summed E-state index contributed by atoms with van der Waals surface area (Å²) in [6.07, 6.45) is 1.83. The summed E-state index contributed by atoms with van der Waals surface area (Å²) in [5.74, 6) is 0. The molecule has 3 aromatic heterocycles. The number of benzene rings is 2. The summed E-state index contributed by atoms with van der Waals surface area (Å²) in [5, 5.41) is 2.02. The van der Waals surface area contributed by atoms with Crippen molar-refractivity contribution in [2.75, 3.05) is 0 Å². The van der Waals surface area contributed by atoms with Gasteiger partial charge in [-0.1, -0.05) is 42.5 Å². The number of fused-ring (bicyclic) bond motifs is 3. The molecule has 3 heteroatoms. The lowest BCUT2D eigenvalue weighted by atomic mass is 10.0. The van der Waals surface area contributed by atoms with Gasteiger partial charge >= 0.3 is 0 Å². The van der Waals surface area contributed by atoms with Crippen molar-refractivity contribution in [3.8, 4) is 22.4 Å². The summed E-state index contributed by atoms with van der Waals surface area (Å²) in [6, 6.07) is 23.9. The fraction of sp³-hybridized carbons (Fsp3) is 0.0435. The smallest absolute Gasteiger partial charge is 0.124 e. The molecule has 0 spiro atoms. The van der Waals surface area contributed by atoms with Crippen LogP contribution in [0.15, 0.2) is 79.0 Å². The number of hydrogen-bond acceptors (Lipinski definition) is 3. The van der Waals surface area contributed by atoms with Crippen molar-refractivity contribution in [2.24, 2.45) is 0 Å². The summed E-state index contributed by atoms with van der Waals surface area (Å²) >= 11 is 1.51. The second kappa shape index (κ2) is 6.04.